The van der Waals surface area contributed by atoms with Crippen LogP contribution in [0.5, 0.6) is 17.2 Å². The fourth-order valence-corrected chi connectivity index (χ4v) is 4.54. The quantitative estimate of drug-likeness (QED) is 0.122. The molecular formula is C36H36N2O10. The van der Waals surface area contributed by atoms with E-state index in [2.05, 4.69) is 10.6 Å². The molecule has 0 radical (unpaired) electrons. The predicted molar refractivity (Wildman–Crippen MR) is 173 cm³/mol. The number of amides is 2. The van der Waals surface area contributed by atoms with E-state index in [1.807, 2.05) is 48.5 Å². The SMILES string of the molecule is COC(=O)C(Cc1ccc(Oc2cc(CC(NC(=O)OCc3ccccc3)C(=O)OC)ccc2O)cc1)NC(=O)OCc1ccccc1. The van der Waals surface area contributed by atoms with Crippen molar-refractivity contribution in [1.29, 1.82) is 0 Å². The Hall–Kier alpha value is -6.04. The van der Waals surface area contributed by atoms with E-state index in [-0.39, 0.29) is 37.6 Å². The molecule has 2 atom stereocenters. The molecular weight excluding hydrogens is 620 g/mol. The highest BCUT2D eigenvalue weighted by Crippen LogP contribution is 2.32. The molecule has 0 aliphatic heterocycles. The molecule has 4 rings (SSSR count). The van der Waals surface area contributed by atoms with Crippen molar-refractivity contribution in [3.05, 3.63) is 125 Å². The third-order valence-electron chi connectivity index (χ3n) is 7.04. The average Bonchev–Trinajstić information content (AvgIpc) is 3.11. The first kappa shape index (κ1) is 34.8. The zero-order chi connectivity index (χ0) is 34.3. The van der Waals surface area contributed by atoms with Gasteiger partial charge in [0.05, 0.1) is 14.2 Å². The zero-order valence-corrected chi connectivity index (χ0v) is 26.4. The van der Waals surface area contributed by atoms with Gasteiger partial charge >= 0.3 is 24.1 Å². The van der Waals surface area contributed by atoms with Gasteiger partial charge < -0.3 is 39.4 Å². The van der Waals surface area contributed by atoms with Crippen LogP contribution >= 0.6 is 0 Å². The topological polar surface area (TPSA) is 159 Å². The summed E-state index contributed by atoms with van der Waals surface area (Å²) in [7, 11) is 2.44. The summed E-state index contributed by atoms with van der Waals surface area (Å²) in [6.07, 6.45) is -1.42. The molecule has 4 aromatic rings. The highest BCUT2D eigenvalue weighted by molar-refractivity contribution is 5.82. The maximum atomic E-state index is 12.5. The molecule has 250 valence electrons. The van der Waals surface area contributed by atoms with Gasteiger partial charge in [0.1, 0.15) is 31.0 Å². The summed E-state index contributed by atoms with van der Waals surface area (Å²) in [5.41, 5.74) is 2.83. The number of nitrogens with one attached hydrogen (secondary N) is 2. The Morgan fingerprint density at radius 1 is 0.604 bits per heavy atom. The monoisotopic (exact) mass is 656 g/mol. The van der Waals surface area contributed by atoms with Gasteiger partial charge in [-0.1, -0.05) is 78.9 Å². The Kier molecular flexibility index (Phi) is 12.8. The van der Waals surface area contributed by atoms with Crippen LogP contribution in [0.2, 0.25) is 0 Å². The third-order valence-corrected chi connectivity index (χ3v) is 7.04. The molecule has 0 spiro atoms. The van der Waals surface area contributed by atoms with Gasteiger partial charge in [0.2, 0.25) is 0 Å². The molecule has 0 aliphatic rings. The summed E-state index contributed by atoms with van der Waals surface area (Å²) in [4.78, 5) is 49.6. The van der Waals surface area contributed by atoms with Gasteiger partial charge in [0.25, 0.3) is 0 Å². The number of phenolic OH excluding ortho intramolecular Hbond substituents is 1. The second kappa shape index (κ2) is 17.6. The zero-order valence-electron chi connectivity index (χ0n) is 26.4. The van der Waals surface area contributed by atoms with Crippen LogP contribution in [0.25, 0.3) is 0 Å². The van der Waals surface area contributed by atoms with E-state index >= 15 is 0 Å². The van der Waals surface area contributed by atoms with E-state index < -0.39 is 36.2 Å². The molecule has 0 aromatic heterocycles. The van der Waals surface area contributed by atoms with Crippen molar-refractivity contribution in [2.45, 2.75) is 38.1 Å². The first-order chi connectivity index (χ1) is 23.2. The summed E-state index contributed by atoms with van der Waals surface area (Å²) in [6, 6.07) is 27.3. The van der Waals surface area contributed by atoms with E-state index in [4.69, 9.17) is 23.7 Å². The number of ether oxygens (including phenoxy) is 5. The van der Waals surface area contributed by atoms with E-state index in [9.17, 15) is 24.3 Å². The number of hydrogen-bond acceptors (Lipinski definition) is 10. The van der Waals surface area contributed by atoms with Crippen LogP contribution < -0.4 is 15.4 Å². The average molecular weight is 657 g/mol. The standard InChI is InChI=1S/C36H36N2O10/c1-44-33(40)29(37-35(42)46-22-25-9-5-3-6-10-25)19-24-13-16-28(17-14-24)48-32-21-27(15-18-31(32)39)20-30(34(41)45-2)38-36(43)47-23-26-11-7-4-8-12-26/h3-18,21,29-30,39H,19-20,22-23H2,1-2H3,(H,37,42)(H,38,43). The fraction of sp³-hybridized carbons (Fsp3) is 0.222. The highest BCUT2D eigenvalue weighted by Gasteiger charge is 2.24. The minimum Gasteiger partial charge on any atom is -0.504 e. The van der Waals surface area contributed by atoms with Crippen molar-refractivity contribution < 1.29 is 48.0 Å². The largest absolute Gasteiger partial charge is 0.504 e. The summed E-state index contributed by atoms with van der Waals surface area (Å²) in [5, 5.41) is 15.5. The minimum atomic E-state index is -1.07. The fourth-order valence-electron chi connectivity index (χ4n) is 4.54. The van der Waals surface area contributed by atoms with Gasteiger partial charge in [0.15, 0.2) is 11.5 Å². The first-order valence-electron chi connectivity index (χ1n) is 14.9. The van der Waals surface area contributed by atoms with Gasteiger partial charge in [-0.3, -0.25) is 0 Å². The van der Waals surface area contributed by atoms with E-state index in [0.29, 0.717) is 16.9 Å². The van der Waals surface area contributed by atoms with Gasteiger partial charge in [-0.15, -0.1) is 0 Å². The molecule has 2 unspecified atom stereocenters. The van der Waals surface area contributed by atoms with Crippen LogP contribution in [-0.4, -0.2) is 55.5 Å². The normalized spacial score (nSPS) is 11.7. The number of methoxy groups -OCH3 is 2. The lowest BCUT2D eigenvalue weighted by Crippen LogP contribution is -2.43. The van der Waals surface area contributed by atoms with Crippen LogP contribution in [0.4, 0.5) is 9.59 Å². The number of aromatic hydroxyl groups is 1. The third kappa shape index (κ3) is 10.8. The number of phenols is 1. The maximum absolute atomic E-state index is 12.5. The van der Waals surface area contributed by atoms with Crippen LogP contribution in [0.1, 0.15) is 22.3 Å². The van der Waals surface area contributed by atoms with Crippen LogP contribution in [0.15, 0.2) is 103 Å². The molecule has 0 saturated carbocycles. The van der Waals surface area contributed by atoms with Crippen molar-refractivity contribution in [1.82, 2.24) is 10.6 Å². The Labute approximate surface area is 277 Å². The Morgan fingerprint density at radius 2 is 1.06 bits per heavy atom. The lowest BCUT2D eigenvalue weighted by atomic mass is 10.0. The summed E-state index contributed by atoms with van der Waals surface area (Å²) in [5.74, 6) is -1.01. The highest BCUT2D eigenvalue weighted by atomic mass is 16.6. The Bertz CT molecular complexity index is 1660. The number of benzene rings is 4. The van der Waals surface area contributed by atoms with Gasteiger partial charge in [-0.05, 0) is 46.5 Å². The van der Waals surface area contributed by atoms with Crippen LogP contribution in [-0.2, 0) is 54.6 Å². The number of rotatable bonds is 14. The van der Waals surface area contributed by atoms with Crippen molar-refractivity contribution in [3.8, 4) is 17.2 Å². The summed E-state index contributed by atoms with van der Waals surface area (Å²) in [6.45, 7) is 0.0690. The van der Waals surface area contributed by atoms with Crippen molar-refractivity contribution in [2.75, 3.05) is 14.2 Å². The maximum Gasteiger partial charge on any atom is 0.408 e. The predicted octanol–water partition coefficient (Wildman–Crippen LogP) is 5.21. The molecule has 2 amide bonds. The molecule has 3 N–H and O–H groups in total. The molecule has 0 bridgehead atoms. The number of alkyl carbamates (subject to hydrolysis) is 2. The van der Waals surface area contributed by atoms with Crippen LogP contribution in [0, 0.1) is 0 Å². The van der Waals surface area contributed by atoms with Crippen molar-refractivity contribution in [2.24, 2.45) is 0 Å². The van der Waals surface area contributed by atoms with Crippen LogP contribution in [0.3, 0.4) is 0 Å². The lowest BCUT2D eigenvalue weighted by Gasteiger charge is -2.18. The Balaban J connectivity index is 1.35. The van der Waals surface area contributed by atoms with E-state index in [0.717, 1.165) is 11.1 Å². The second-order valence-electron chi connectivity index (χ2n) is 10.5. The van der Waals surface area contributed by atoms with E-state index in [1.165, 1.54) is 26.4 Å². The number of carbonyl (C=O) groups is 4. The summed E-state index contributed by atoms with van der Waals surface area (Å²) >= 11 is 0. The smallest absolute Gasteiger partial charge is 0.408 e. The second-order valence-corrected chi connectivity index (χ2v) is 10.5. The molecule has 0 heterocycles. The molecule has 12 nitrogen and oxygen atoms in total. The molecule has 0 aliphatic carbocycles. The van der Waals surface area contributed by atoms with Crippen molar-refractivity contribution in [3.63, 3.8) is 0 Å². The number of esters is 2. The summed E-state index contributed by atoms with van der Waals surface area (Å²) < 4.78 is 26.1. The number of hydrogen-bond donors (Lipinski definition) is 3. The van der Waals surface area contributed by atoms with Gasteiger partial charge in [-0.2, -0.15) is 0 Å². The Morgan fingerprint density at radius 3 is 1.54 bits per heavy atom. The molecule has 0 saturated heterocycles. The molecule has 48 heavy (non-hydrogen) atoms. The van der Waals surface area contributed by atoms with Crippen molar-refractivity contribution >= 4 is 24.1 Å². The molecule has 12 heteroatoms. The molecule has 0 fully saturated rings. The first-order valence-corrected chi connectivity index (χ1v) is 14.9. The lowest BCUT2D eigenvalue weighted by molar-refractivity contribution is -0.143. The van der Waals surface area contributed by atoms with E-state index in [1.54, 1.807) is 42.5 Å². The molecule has 4 aromatic carbocycles. The minimum absolute atomic E-state index is 0.0255. The van der Waals surface area contributed by atoms with Gasteiger partial charge in [0, 0.05) is 12.8 Å². The number of carbonyl (C=O) groups excluding carboxylic acids is 4. The van der Waals surface area contributed by atoms with Gasteiger partial charge in [-0.25, -0.2) is 19.2 Å².